The van der Waals surface area contributed by atoms with E-state index in [-0.39, 0.29) is 21.2 Å². The van der Waals surface area contributed by atoms with Crippen molar-refractivity contribution in [3.05, 3.63) is 56.6 Å². The third-order valence-electron chi connectivity index (χ3n) is 3.09. The second kappa shape index (κ2) is 6.56. The summed E-state index contributed by atoms with van der Waals surface area (Å²) in [6.45, 7) is 1.57. The van der Waals surface area contributed by atoms with Crippen LogP contribution in [0.25, 0.3) is 0 Å². The van der Waals surface area contributed by atoms with Gasteiger partial charge in [0, 0.05) is 17.3 Å². The molecule has 0 aromatic heterocycles. The van der Waals surface area contributed by atoms with Gasteiger partial charge in [-0.15, -0.1) is 0 Å². The molecule has 0 heterocycles. The van der Waals surface area contributed by atoms with Crippen molar-refractivity contribution in [2.45, 2.75) is 11.8 Å². The van der Waals surface area contributed by atoms with Gasteiger partial charge >= 0.3 is 0 Å². The van der Waals surface area contributed by atoms with Gasteiger partial charge in [-0.05, 0) is 42.0 Å². The van der Waals surface area contributed by atoms with Crippen molar-refractivity contribution < 1.29 is 18.4 Å². The highest BCUT2D eigenvalue weighted by molar-refractivity contribution is 7.89. The van der Waals surface area contributed by atoms with Crippen molar-refractivity contribution in [3.63, 3.8) is 0 Å². The summed E-state index contributed by atoms with van der Waals surface area (Å²) in [6, 6.07) is 6.45. The second-order valence-corrected chi connectivity index (χ2v) is 6.82. The van der Waals surface area contributed by atoms with Crippen molar-refractivity contribution in [1.29, 1.82) is 0 Å². The Morgan fingerprint density at radius 1 is 1.29 bits per heavy atom. The number of benzene rings is 2. The third kappa shape index (κ3) is 3.88. The molecule has 0 saturated heterocycles. The number of sulfonamides is 1. The molecule has 0 bridgehead atoms. The van der Waals surface area contributed by atoms with Crippen LogP contribution in [0, 0.1) is 17.0 Å². The fourth-order valence-corrected chi connectivity index (χ4v) is 2.97. The molecule has 2 rings (SSSR count). The van der Waals surface area contributed by atoms with Crippen molar-refractivity contribution in [2.75, 3.05) is 0 Å². The quantitative estimate of drug-likeness (QED) is 0.499. The Bertz CT molecular complexity index is 957. The molecular formula is C14H11ClN3O5S-. The van der Waals surface area contributed by atoms with Gasteiger partial charge in [0.05, 0.1) is 15.5 Å². The van der Waals surface area contributed by atoms with Gasteiger partial charge in [-0.25, -0.2) is 13.6 Å². The number of nitro benzene ring substituents is 1. The fourth-order valence-electron chi connectivity index (χ4n) is 1.95. The molecule has 2 aromatic carbocycles. The second-order valence-electron chi connectivity index (χ2n) is 4.85. The van der Waals surface area contributed by atoms with Crippen LogP contribution in [0.2, 0.25) is 5.02 Å². The van der Waals surface area contributed by atoms with Crippen LogP contribution in [0.5, 0.6) is 5.75 Å². The average molecular weight is 369 g/mol. The summed E-state index contributed by atoms with van der Waals surface area (Å²) in [6.07, 6.45) is 1.08. The molecule has 0 aliphatic heterocycles. The summed E-state index contributed by atoms with van der Waals surface area (Å²) >= 11 is 5.75. The lowest BCUT2D eigenvalue weighted by atomic mass is 10.2. The minimum Gasteiger partial charge on any atom is -0.867 e. The maximum Gasteiger partial charge on any atom is 0.263 e. The first-order valence-electron chi connectivity index (χ1n) is 6.42. The summed E-state index contributed by atoms with van der Waals surface area (Å²) in [4.78, 5) is 13.8. The summed E-state index contributed by atoms with van der Waals surface area (Å²) < 4.78 is 23.0. The number of halogens is 1. The van der Waals surface area contributed by atoms with E-state index in [1.807, 2.05) is 0 Å². The molecule has 0 unspecified atom stereocenters. The molecule has 2 N–H and O–H groups in total. The number of nitrogens with two attached hydrogens (primary N) is 1. The van der Waals surface area contributed by atoms with E-state index < -0.39 is 26.4 Å². The third-order valence-corrected chi connectivity index (χ3v) is 4.36. The van der Waals surface area contributed by atoms with Gasteiger partial charge in [-0.1, -0.05) is 17.7 Å². The molecule has 126 valence electrons. The van der Waals surface area contributed by atoms with Gasteiger partial charge in [-0.2, -0.15) is 0 Å². The Labute approximate surface area is 142 Å². The standard InChI is InChI=1S/C14H12ClN3O5S/c1-8-2-3-11(6-13(8)24(16,22)23)17-7-9-4-10(15)5-12(14(9)19)18(20)21/h2-7,19H,1H3,(H2,16,22,23)/p-1. The van der Waals surface area contributed by atoms with Crippen molar-refractivity contribution in [2.24, 2.45) is 10.1 Å². The maximum absolute atomic E-state index is 12.0. The smallest absolute Gasteiger partial charge is 0.263 e. The molecule has 24 heavy (non-hydrogen) atoms. The predicted molar refractivity (Wildman–Crippen MR) is 87.4 cm³/mol. The number of rotatable bonds is 4. The lowest BCUT2D eigenvalue weighted by Crippen LogP contribution is -2.13. The molecule has 10 heteroatoms. The Kier molecular flexibility index (Phi) is 4.88. The van der Waals surface area contributed by atoms with Gasteiger partial charge in [0.1, 0.15) is 0 Å². The van der Waals surface area contributed by atoms with E-state index in [1.54, 1.807) is 6.92 Å². The largest absolute Gasteiger partial charge is 0.867 e. The number of hydrogen-bond acceptors (Lipinski definition) is 6. The minimum atomic E-state index is -3.92. The average Bonchev–Trinajstić information content (AvgIpc) is 2.47. The highest BCUT2D eigenvalue weighted by atomic mass is 35.5. The zero-order valence-electron chi connectivity index (χ0n) is 12.3. The lowest BCUT2D eigenvalue weighted by Gasteiger charge is -2.11. The first-order valence-corrected chi connectivity index (χ1v) is 8.34. The van der Waals surface area contributed by atoms with Gasteiger partial charge in [0.25, 0.3) is 5.69 Å². The molecule has 0 aliphatic carbocycles. The van der Waals surface area contributed by atoms with Crippen LogP contribution in [-0.2, 0) is 10.0 Å². The SMILES string of the molecule is Cc1ccc(N=Cc2cc(Cl)cc([N+](=O)[O-])c2[O-])cc1S(N)(=O)=O. The Morgan fingerprint density at radius 2 is 1.96 bits per heavy atom. The van der Waals surface area contributed by atoms with E-state index in [2.05, 4.69) is 4.99 Å². The van der Waals surface area contributed by atoms with Crippen molar-refractivity contribution in [3.8, 4) is 5.75 Å². The zero-order valence-corrected chi connectivity index (χ0v) is 13.8. The zero-order chi connectivity index (χ0) is 18.1. The molecule has 0 radical (unpaired) electrons. The van der Waals surface area contributed by atoms with Crippen LogP contribution in [-0.4, -0.2) is 19.6 Å². The molecule has 8 nitrogen and oxygen atoms in total. The molecule has 2 aromatic rings. The topological polar surface area (TPSA) is 139 Å². The van der Waals surface area contributed by atoms with Crippen molar-refractivity contribution in [1.82, 2.24) is 0 Å². The first kappa shape index (κ1) is 17.9. The summed E-state index contributed by atoms with van der Waals surface area (Å²) in [7, 11) is -3.92. The Morgan fingerprint density at radius 3 is 2.54 bits per heavy atom. The number of aliphatic imine (C=N–C) groups is 1. The van der Waals surface area contributed by atoms with Crippen LogP contribution < -0.4 is 10.2 Å². The highest BCUT2D eigenvalue weighted by Gasteiger charge is 2.13. The molecule has 0 aliphatic rings. The lowest BCUT2D eigenvalue weighted by molar-refractivity contribution is -0.398. The van der Waals surface area contributed by atoms with E-state index in [4.69, 9.17) is 16.7 Å². The Balaban J connectivity index is 2.48. The van der Waals surface area contributed by atoms with E-state index in [0.717, 1.165) is 12.3 Å². The van der Waals surface area contributed by atoms with E-state index in [0.29, 0.717) is 5.56 Å². The van der Waals surface area contributed by atoms with Gasteiger partial charge in [-0.3, -0.25) is 15.1 Å². The Hall–Kier alpha value is -2.49. The number of primary sulfonamides is 1. The molecule has 0 amide bonds. The van der Waals surface area contributed by atoms with Crippen molar-refractivity contribution >= 4 is 39.2 Å². The van der Waals surface area contributed by atoms with Gasteiger partial charge in [0.2, 0.25) is 10.0 Å². The minimum absolute atomic E-state index is 0.0110. The van der Waals surface area contributed by atoms with E-state index in [1.165, 1.54) is 24.3 Å². The highest BCUT2D eigenvalue weighted by Crippen LogP contribution is 2.30. The van der Waals surface area contributed by atoms with Gasteiger partial charge in [0.15, 0.2) is 0 Å². The summed E-state index contributed by atoms with van der Waals surface area (Å²) in [5.74, 6) is -0.841. The molecule has 0 spiro atoms. The molecule has 0 atom stereocenters. The van der Waals surface area contributed by atoms with Crippen LogP contribution in [0.4, 0.5) is 11.4 Å². The maximum atomic E-state index is 12.0. The summed E-state index contributed by atoms with van der Waals surface area (Å²) in [5.41, 5.74) is -0.101. The van der Waals surface area contributed by atoms with Crippen LogP contribution in [0.3, 0.4) is 0 Å². The van der Waals surface area contributed by atoms with E-state index in [9.17, 15) is 23.6 Å². The number of aryl methyl sites for hydroxylation is 1. The summed E-state index contributed by atoms with van der Waals surface area (Å²) in [5, 5.41) is 27.9. The van der Waals surface area contributed by atoms with Gasteiger partial charge < -0.3 is 5.11 Å². The monoisotopic (exact) mass is 368 g/mol. The first-order chi connectivity index (χ1) is 11.1. The van der Waals surface area contributed by atoms with E-state index >= 15 is 0 Å². The predicted octanol–water partition coefficient (Wildman–Crippen LogP) is 2.03. The van der Waals surface area contributed by atoms with Crippen LogP contribution in [0.15, 0.2) is 40.2 Å². The van der Waals surface area contributed by atoms with Crippen LogP contribution in [0.1, 0.15) is 11.1 Å². The molecule has 0 fully saturated rings. The number of nitro groups is 1. The molecule has 0 saturated carbocycles. The molecular weight excluding hydrogens is 358 g/mol. The fraction of sp³-hybridized carbons (Fsp3) is 0.0714. The normalized spacial score (nSPS) is 11.8. The van der Waals surface area contributed by atoms with Crippen LogP contribution >= 0.6 is 11.6 Å². The number of nitrogens with zero attached hydrogens (tertiary/aromatic N) is 2. The number of hydrogen-bond donors (Lipinski definition) is 1.